The highest BCUT2D eigenvalue weighted by Gasteiger charge is 2.35. The molecule has 0 spiro atoms. The van der Waals surface area contributed by atoms with Gasteiger partial charge in [-0.2, -0.15) is 5.10 Å². The van der Waals surface area contributed by atoms with Gasteiger partial charge in [-0.05, 0) is 55.7 Å². The van der Waals surface area contributed by atoms with Crippen molar-refractivity contribution >= 4 is 30.7 Å². The van der Waals surface area contributed by atoms with Crippen LogP contribution in [0.3, 0.4) is 0 Å². The summed E-state index contributed by atoms with van der Waals surface area (Å²) in [4.78, 5) is 14.8. The van der Waals surface area contributed by atoms with Crippen molar-refractivity contribution in [1.82, 2.24) is 25.3 Å². The zero-order chi connectivity index (χ0) is 20.6. The topological polar surface area (TPSA) is 62.2 Å². The molecule has 2 N–H and O–H groups in total. The Labute approximate surface area is 204 Å². The van der Waals surface area contributed by atoms with Gasteiger partial charge in [0.2, 0.25) is 5.91 Å². The van der Waals surface area contributed by atoms with E-state index in [0.717, 1.165) is 51.4 Å². The Morgan fingerprint density at radius 3 is 2.75 bits per heavy atom. The molecule has 1 aromatic carbocycles. The lowest BCUT2D eigenvalue weighted by Crippen LogP contribution is -2.55. The summed E-state index contributed by atoms with van der Waals surface area (Å²) in [6.45, 7) is 6.11. The molecule has 4 rings (SSSR count). The maximum Gasteiger partial charge on any atom is 0.219 e. The van der Waals surface area contributed by atoms with E-state index in [9.17, 15) is 4.79 Å². The predicted molar refractivity (Wildman–Crippen MR) is 133 cm³/mol. The molecule has 2 aromatic rings. The Morgan fingerprint density at radius 1 is 1.12 bits per heavy atom. The number of hydrogen-bond acceptors (Lipinski definition) is 4. The molecule has 0 unspecified atom stereocenters. The van der Waals surface area contributed by atoms with Crippen LogP contribution in [0.15, 0.2) is 48.8 Å². The smallest absolute Gasteiger partial charge is 0.219 e. The number of fused-ring (bicyclic) bond motifs is 2. The minimum absolute atomic E-state index is 0. The lowest BCUT2D eigenvalue weighted by Gasteiger charge is -2.46. The zero-order valence-electron chi connectivity index (χ0n) is 18.7. The zero-order valence-corrected chi connectivity index (χ0v) is 20.3. The minimum atomic E-state index is 0. The molecule has 178 valence electrons. The normalized spacial score (nSPS) is 22.4. The molecular weight excluding hydrogens is 445 g/mol. The van der Waals surface area contributed by atoms with Crippen molar-refractivity contribution in [3.8, 4) is 0 Å². The van der Waals surface area contributed by atoms with Crippen molar-refractivity contribution in [2.45, 2.75) is 51.2 Å². The first-order chi connectivity index (χ1) is 14.8. The number of carbonyl (C=O) groups excluding carboxylic acids is 1. The molecule has 0 aliphatic carbocycles. The highest BCUT2D eigenvalue weighted by molar-refractivity contribution is 5.85. The molecular formula is C24H37Cl2N5O. The summed E-state index contributed by atoms with van der Waals surface area (Å²) >= 11 is 0. The van der Waals surface area contributed by atoms with Crippen LogP contribution < -0.4 is 10.6 Å². The van der Waals surface area contributed by atoms with Gasteiger partial charge in [0.05, 0.1) is 0 Å². The molecule has 1 amide bonds. The van der Waals surface area contributed by atoms with Crippen LogP contribution in [0.4, 0.5) is 0 Å². The monoisotopic (exact) mass is 481 g/mol. The number of nitrogens with one attached hydrogen (secondary N) is 2. The van der Waals surface area contributed by atoms with Crippen LogP contribution in [0.2, 0.25) is 0 Å². The summed E-state index contributed by atoms with van der Waals surface area (Å²) in [5, 5.41) is 11.0. The Kier molecular flexibility index (Phi) is 11.5. The van der Waals surface area contributed by atoms with E-state index < -0.39 is 0 Å². The van der Waals surface area contributed by atoms with Gasteiger partial charge >= 0.3 is 0 Å². The van der Waals surface area contributed by atoms with Crippen molar-refractivity contribution in [2.24, 2.45) is 11.8 Å². The minimum Gasteiger partial charge on any atom is -0.356 e. The maximum atomic E-state index is 12.2. The summed E-state index contributed by atoms with van der Waals surface area (Å²) in [5.41, 5.74) is 1.41. The average molecular weight is 483 g/mol. The molecule has 6 nitrogen and oxygen atoms in total. The SMILES string of the molecule is Cl.Cl.O=C(CCC[C@H]1NC[C@@H]2C[C@H]1CN(Cc1ccccc1)C2)NCCCn1cccn1. The number of piperidine rings is 2. The molecule has 2 bridgehead atoms. The summed E-state index contributed by atoms with van der Waals surface area (Å²) in [7, 11) is 0. The second-order valence-electron chi connectivity index (χ2n) is 8.92. The largest absolute Gasteiger partial charge is 0.356 e. The first kappa shape index (κ1) is 26.7. The van der Waals surface area contributed by atoms with E-state index in [0.29, 0.717) is 18.4 Å². The number of hydrogen-bond donors (Lipinski definition) is 2. The first-order valence-electron chi connectivity index (χ1n) is 11.5. The van der Waals surface area contributed by atoms with Crippen LogP contribution in [-0.2, 0) is 17.9 Å². The molecule has 2 fully saturated rings. The molecule has 0 radical (unpaired) electrons. The second kappa shape index (κ2) is 13.8. The van der Waals surface area contributed by atoms with Crippen molar-refractivity contribution < 1.29 is 4.79 Å². The van der Waals surface area contributed by atoms with Gasteiger partial charge in [0.25, 0.3) is 0 Å². The lowest BCUT2D eigenvalue weighted by molar-refractivity contribution is -0.121. The molecule has 3 heterocycles. The Hall–Kier alpha value is -1.60. The van der Waals surface area contributed by atoms with Crippen LogP contribution in [0.25, 0.3) is 0 Å². The fourth-order valence-electron chi connectivity index (χ4n) is 5.05. The summed E-state index contributed by atoms with van der Waals surface area (Å²) in [6, 6.07) is 13.3. The van der Waals surface area contributed by atoms with Gasteiger partial charge in [0.1, 0.15) is 0 Å². The van der Waals surface area contributed by atoms with E-state index in [4.69, 9.17) is 0 Å². The van der Waals surface area contributed by atoms with Gasteiger partial charge in [0.15, 0.2) is 0 Å². The van der Waals surface area contributed by atoms with Crippen LogP contribution >= 0.6 is 24.8 Å². The van der Waals surface area contributed by atoms with Gasteiger partial charge in [-0.3, -0.25) is 14.4 Å². The maximum absolute atomic E-state index is 12.2. The third kappa shape index (κ3) is 8.07. The summed E-state index contributed by atoms with van der Waals surface area (Å²) in [6.07, 6.45) is 8.67. The van der Waals surface area contributed by atoms with Crippen LogP contribution in [0.5, 0.6) is 0 Å². The molecule has 2 aliphatic heterocycles. The number of amides is 1. The van der Waals surface area contributed by atoms with E-state index >= 15 is 0 Å². The number of nitrogens with zero attached hydrogens (tertiary/aromatic N) is 3. The van der Waals surface area contributed by atoms with E-state index in [2.05, 4.69) is 51.0 Å². The number of aryl methyl sites for hydroxylation is 1. The predicted octanol–water partition coefficient (Wildman–Crippen LogP) is 3.51. The van der Waals surface area contributed by atoms with Crippen molar-refractivity contribution in [3.63, 3.8) is 0 Å². The van der Waals surface area contributed by atoms with E-state index in [1.807, 2.05) is 16.9 Å². The number of benzene rings is 1. The molecule has 32 heavy (non-hydrogen) atoms. The van der Waals surface area contributed by atoms with Gasteiger partial charge in [0, 0.05) is 57.6 Å². The van der Waals surface area contributed by atoms with E-state index in [1.54, 1.807) is 6.20 Å². The average Bonchev–Trinajstić information content (AvgIpc) is 3.27. The quantitative estimate of drug-likeness (QED) is 0.509. The Bertz CT molecular complexity index is 774. The fraction of sp³-hybridized carbons (Fsp3) is 0.583. The van der Waals surface area contributed by atoms with Crippen LogP contribution in [0.1, 0.15) is 37.7 Å². The van der Waals surface area contributed by atoms with E-state index in [1.165, 1.54) is 25.1 Å². The highest BCUT2D eigenvalue weighted by atomic mass is 35.5. The molecule has 0 saturated carbocycles. The Morgan fingerprint density at radius 2 is 1.97 bits per heavy atom. The van der Waals surface area contributed by atoms with E-state index in [-0.39, 0.29) is 30.7 Å². The molecule has 1 aromatic heterocycles. The summed E-state index contributed by atoms with van der Waals surface area (Å²) in [5.74, 6) is 1.65. The first-order valence-corrected chi connectivity index (χ1v) is 11.5. The number of rotatable bonds is 10. The van der Waals surface area contributed by atoms with Crippen molar-refractivity contribution in [3.05, 3.63) is 54.4 Å². The number of likely N-dealkylation sites (tertiary alicyclic amines) is 1. The second-order valence-corrected chi connectivity index (χ2v) is 8.92. The number of halogens is 2. The van der Waals surface area contributed by atoms with Crippen LogP contribution in [-0.4, -0.2) is 52.8 Å². The highest BCUT2D eigenvalue weighted by Crippen LogP contribution is 2.31. The third-order valence-electron chi connectivity index (χ3n) is 6.50. The standard InChI is InChI=1S/C24H35N5O.2ClH/c30-24(25-11-5-13-29-14-6-12-27-29)10-4-9-23-22-15-21(16-26-23)18-28(19-22)17-20-7-2-1-3-8-20;;/h1-3,6-8,12,14,21-23,26H,4-5,9-11,13,15-19H2,(H,25,30);2*1H/t21-,22-,23+;;/m0../s1. The van der Waals surface area contributed by atoms with Gasteiger partial charge in [-0.25, -0.2) is 0 Å². The number of carbonyl (C=O) groups is 1. The third-order valence-corrected chi connectivity index (χ3v) is 6.50. The molecule has 3 atom stereocenters. The van der Waals surface area contributed by atoms with Gasteiger partial charge in [-0.15, -0.1) is 24.8 Å². The summed E-state index contributed by atoms with van der Waals surface area (Å²) < 4.78 is 1.90. The fourth-order valence-corrected chi connectivity index (χ4v) is 5.05. The van der Waals surface area contributed by atoms with Gasteiger partial charge in [-0.1, -0.05) is 30.3 Å². The van der Waals surface area contributed by atoms with Crippen LogP contribution in [0, 0.1) is 11.8 Å². The molecule has 2 aliphatic rings. The lowest BCUT2D eigenvalue weighted by atomic mass is 9.79. The van der Waals surface area contributed by atoms with Crippen molar-refractivity contribution in [1.29, 1.82) is 0 Å². The Balaban J connectivity index is 0.00000181. The van der Waals surface area contributed by atoms with Crippen molar-refractivity contribution in [2.75, 3.05) is 26.2 Å². The molecule has 8 heteroatoms. The number of aromatic nitrogens is 2. The molecule has 2 saturated heterocycles. The van der Waals surface area contributed by atoms with Gasteiger partial charge < -0.3 is 10.6 Å².